The maximum Gasteiger partial charge on any atom is 0.233 e. The molecule has 16 heavy (non-hydrogen) atoms. The van der Waals surface area contributed by atoms with Gasteiger partial charge in [0.25, 0.3) is 0 Å². The molecule has 1 heterocycles. The maximum absolute atomic E-state index is 12.0. The first kappa shape index (κ1) is 11.4. The van der Waals surface area contributed by atoms with Gasteiger partial charge in [0.15, 0.2) is 0 Å². The molecule has 0 aliphatic heterocycles. The number of hydrogen-bond acceptors (Lipinski definition) is 3. The molecule has 0 atom stereocenters. The van der Waals surface area contributed by atoms with E-state index in [-0.39, 0.29) is 11.3 Å². The van der Waals surface area contributed by atoms with Gasteiger partial charge in [-0.25, -0.2) is 4.98 Å². The Morgan fingerprint density at radius 3 is 2.75 bits per heavy atom. The van der Waals surface area contributed by atoms with Crippen molar-refractivity contribution in [3.8, 4) is 0 Å². The van der Waals surface area contributed by atoms with Crippen LogP contribution in [0.4, 0.5) is 5.82 Å². The fourth-order valence-electron chi connectivity index (χ4n) is 1.83. The monoisotopic (exact) mass is 239 g/mol. The van der Waals surface area contributed by atoms with Crippen LogP contribution < -0.4 is 11.1 Å². The van der Waals surface area contributed by atoms with Crippen molar-refractivity contribution in [2.45, 2.75) is 19.3 Å². The third-order valence-corrected chi connectivity index (χ3v) is 3.38. The average Bonchev–Trinajstić information content (AvgIpc) is 2.21. The smallest absolute Gasteiger partial charge is 0.233 e. The molecular formula is C11H14ClN3O. The summed E-state index contributed by atoms with van der Waals surface area (Å²) >= 11 is 5.71. The van der Waals surface area contributed by atoms with Gasteiger partial charge in [0.05, 0.1) is 10.4 Å². The molecule has 1 amide bonds. The van der Waals surface area contributed by atoms with Crippen LogP contribution >= 0.6 is 11.6 Å². The number of nitrogens with two attached hydrogens (primary N) is 1. The number of nitrogens with one attached hydrogen (secondary N) is 1. The molecule has 1 aromatic heterocycles. The molecule has 1 aromatic rings. The Bertz CT molecular complexity index is 381. The lowest BCUT2D eigenvalue weighted by Gasteiger charge is -2.38. The Balaban J connectivity index is 2.04. The van der Waals surface area contributed by atoms with E-state index in [1.54, 1.807) is 12.1 Å². The number of anilines is 1. The van der Waals surface area contributed by atoms with Crippen molar-refractivity contribution in [2.24, 2.45) is 11.1 Å². The predicted molar refractivity (Wildman–Crippen MR) is 63.2 cm³/mol. The van der Waals surface area contributed by atoms with E-state index in [9.17, 15) is 4.79 Å². The number of pyridine rings is 1. The van der Waals surface area contributed by atoms with Gasteiger partial charge in [-0.1, -0.05) is 18.0 Å². The van der Waals surface area contributed by atoms with E-state index in [4.69, 9.17) is 17.3 Å². The molecule has 1 aliphatic carbocycles. The van der Waals surface area contributed by atoms with E-state index >= 15 is 0 Å². The number of nitrogens with zero attached hydrogens (tertiary/aromatic N) is 1. The molecule has 3 N–H and O–H groups in total. The highest BCUT2D eigenvalue weighted by atomic mass is 35.5. The molecule has 2 rings (SSSR count). The minimum Gasteiger partial charge on any atom is -0.329 e. The highest BCUT2D eigenvalue weighted by molar-refractivity contribution is 6.30. The van der Waals surface area contributed by atoms with Crippen LogP contribution in [0.15, 0.2) is 18.3 Å². The van der Waals surface area contributed by atoms with Crippen LogP contribution in [0.3, 0.4) is 0 Å². The molecular weight excluding hydrogens is 226 g/mol. The fourth-order valence-corrected chi connectivity index (χ4v) is 1.94. The SMILES string of the molecule is NCC1(C(=O)Nc2ccc(Cl)cn2)CCC1. The second-order valence-electron chi connectivity index (χ2n) is 4.15. The minimum absolute atomic E-state index is 0.0314. The molecule has 4 nitrogen and oxygen atoms in total. The van der Waals surface area contributed by atoms with Crippen LogP contribution in [0.25, 0.3) is 0 Å². The standard InChI is InChI=1S/C11H14ClN3O/c12-8-2-3-9(14-6-8)15-10(16)11(7-13)4-1-5-11/h2-3,6H,1,4-5,7,13H2,(H,14,15,16). The van der Waals surface area contributed by atoms with Crippen LogP contribution in [-0.4, -0.2) is 17.4 Å². The van der Waals surface area contributed by atoms with Crippen LogP contribution in [0.5, 0.6) is 0 Å². The normalized spacial score (nSPS) is 17.6. The Morgan fingerprint density at radius 1 is 1.56 bits per heavy atom. The molecule has 0 spiro atoms. The summed E-state index contributed by atoms with van der Waals surface area (Å²) < 4.78 is 0. The van der Waals surface area contributed by atoms with E-state index in [1.165, 1.54) is 6.20 Å². The first-order valence-corrected chi connectivity index (χ1v) is 5.67. The number of amides is 1. The summed E-state index contributed by atoms with van der Waals surface area (Å²) in [6, 6.07) is 3.38. The molecule has 1 saturated carbocycles. The highest BCUT2D eigenvalue weighted by Crippen LogP contribution is 2.40. The number of rotatable bonds is 3. The van der Waals surface area contributed by atoms with Crippen LogP contribution in [-0.2, 0) is 4.79 Å². The lowest BCUT2D eigenvalue weighted by atomic mass is 9.68. The average molecular weight is 240 g/mol. The first-order valence-electron chi connectivity index (χ1n) is 5.29. The molecule has 0 unspecified atom stereocenters. The Hall–Kier alpha value is -1.13. The van der Waals surface area contributed by atoms with Gasteiger partial charge < -0.3 is 11.1 Å². The van der Waals surface area contributed by atoms with Crippen molar-refractivity contribution in [3.63, 3.8) is 0 Å². The van der Waals surface area contributed by atoms with E-state index < -0.39 is 0 Å². The lowest BCUT2D eigenvalue weighted by molar-refractivity contribution is -0.129. The molecule has 0 radical (unpaired) electrons. The topological polar surface area (TPSA) is 68.0 Å². The van der Waals surface area contributed by atoms with Gasteiger partial charge in [-0.3, -0.25) is 4.79 Å². The van der Waals surface area contributed by atoms with Crippen molar-refractivity contribution in [1.29, 1.82) is 0 Å². The molecule has 1 fully saturated rings. The van der Waals surface area contributed by atoms with Gasteiger partial charge in [-0.05, 0) is 25.0 Å². The largest absolute Gasteiger partial charge is 0.329 e. The van der Waals surface area contributed by atoms with Crippen LogP contribution in [0.1, 0.15) is 19.3 Å². The second kappa shape index (κ2) is 4.39. The number of aromatic nitrogens is 1. The van der Waals surface area contributed by atoms with Gasteiger partial charge in [0.2, 0.25) is 5.91 Å². The molecule has 0 saturated heterocycles. The third kappa shape index (κ3) is 2.03. The summed E-state index contributed by atoms with van der Waals surface area (Å²) in [5.41, 5.74) is 5.27. The minimum atomic E-state index is -0.374. The maximum atomic E-state index is 12.0. The predicted octanol–water partition coefficient (Wildman–Crippen LogP) is 1.80. The second-order valence-corrected chi connectivity index (χ2v) is 4.59. The summed E-state index contributed by atoms with van der Waals surface area (Å²) in [7, 11) is 0. The summed E-state index contributed by atoms with van der Waals surface area (Å²) in [5, 5.41) is 3.33. The van der Waals surface area contributed by atoms with Gasteiger partial charge in [0, 0.05) is 12.7 Å². The summed E-state index contributed by atoms with van der Waals surface area (Å²) in [6.45, 7) is 0.395. The van der Waals surface area contributed by atoms with Crippen molar-refractivity contribution < 1.29 is 4.79 Å². The van der Waals surface area contributed by atoms with Crippen molar-refractivity contribution in [1.82, 2.24) is 4.98 Å². The van der Waals surface area contributed by atoms with Gasteiger partial charge in [-0.2, -0.15) is 0 Å². The number of carbonyl (C=O) groups excluding carboxylic acids is 1. The molecule has 1 aliphatic rings. The van der Waals surface area contributed by atoms with Gasteiger partial charge in [-0.15, -0.1) is 0 Å². The van der Waals surface area contributed by atoms with Crippen molar-refractivity contribution in [3.05, 3.63) is 23.4 Å². The van der Waals surface area contributed by atoms with E-state index in [1.807, 2.05) is 0 Å². The van der Waals surface area contributed by atoms with Crippen LogP contribution in [0, 0.1) is 5.41 Å². The zero-order valence-electron chi connectivity index (χ0n) is 8.87. The summed E-state index contributed by atoms with van der Waals surface area (Å²) in [4.78, 5) is 16.0. The van der Waals surface area contributed by atoms with E-state index in [0.29, 0.717) is 17.4 Å². The molecule has 0 aromatic carbocycles. The Labute approximate surface area is 99.2 Å². The van der Waals surface area contributed by atoms with E-state index in [0.717, 1.165) is 19.3 Å². The number of carbonyl (C=O) groups is 1. The first-order chi connectivity index (χ1) is 7.66. The van der Waals surface area contributed by atoms with Crippen LogP contribution in [0.2, 0.25) is 5.02 Å². The Kier molecular flexibility index (Phi) is 3.12. The highest BCUT2D eigenvalue weighted by Gasteiger charge is 2.42. The quantitative estimate of drug-likeness (QED) is 0.845. The molecule has 0 bridgehead atoms. The summed E-state index contributed by atoms with van der Waals surface area (Å²) in [5.74, 6) is 0.491. The summed E-state index contributed by atoms with van der Waals surface area (Å²) in [6.07, 6.45) is 4.30. The van der Waals surface area contributed by atoms with Gasteiger partial charge in [0.1, 0.15) is 5.82 Å². The zero-order valence-corrected chi connectivity index (χ0v) is 9.63. The van der Waals surface area contributed by atoms with E-state index in [2.05, 4.69) is 10.3 Å². The zero-order chi connectivity index (χ0) is 11.6. The lowest BCUT2D eigenvalue weighted by Crippen LogP contribution is -2.47. The number of halogens is 1. The fraction of sp³-hybridized carbons (Fsp3) is 0.455. The Morgan fingerprint density at radius 2 is 2.31 bits per heavy atom. The van der Waals surface area contributed by atoms with Crippen molar-refractivity contribution in [2.75, 3.05) is 11.9 Å². The molecule has 5 heteroatoms. The third-order valence-electron chi connectivity index (χ3n) is 3.15. The molecule has 86 valence electrons. The van der Waals surface area contributed by atoms with Crippen molar-refractivity contribution >= 4 is 23.3 Å². The number of hydrogen-bond donors (Lipinski definition) is 2. The van der Waals surface area contributed by atoms with Gasteiger partial charge >= 0.3 is 0 Å².